The summed E-state index contributed by atoms with van der Waals surface area (Å²) < 4.78 is 0. The first-order valence-corrected chi connectivity index (χ1v) is 7.12. The fraction of sp³-hybridized carbons (Fsp3) is 0.438. The molecule has 1 amide bonds. The summed E-state index contributed by atoms with van der Waals surface area (Å²) in [5.41, 5.74) is 8.67. The number of carbonyl (C=O) groups excluding carboxylic acids is 1. The van der Waals surface area contributed by atoms with Crippen molar-refractivity contribution in [1.82, 2.24) is 10.9 Å². The van der Waals surface area contributed by atoms with E-state index in [1.807, 2.05) is 6.08 Å². The van der Waals surface area contributed by atoms with Crippen LogP contribution in [0.15, 0.2) is 29.8 Å². The van der Waals surface area contributed by atoms with Crippen LogP contribution in [-0.4, -0.2) is 12.5 Å². The lowest BCUT2D eigenvalue weighted by Crippen LogP contribution is -2.25. The van der Waals surface area contributed by atoms with Gasteiger partial charge in [0.15, 0.2) is 0 Å². The van der Waals surface area contributed by atoms with E-state index < -0.39 is 0 Å². The van der Waals surface area contributed by atoms with Crippen LogP contribution in [0, 0.1) is 0 Å². The predicted octanol–water partition coefficient (Wildman–Crippen LogP) is 2.83. The first-order chi connectivity index (χ1) is 9.29. The normalized spacial score (nSPS) is 16.9. The van der Waals surface area contributed by atoms with Crippen molar-refractivity contribution in [1.29, 1.82) is 0 Å². The van der Waals surface area contributed by atoms with E-state index in [2.05, 4.69) is 42.0 Å². The first kappa shape index (κ1) is 13.8. The Bertz CT molecular complexity index is 448. The number of hydrogen-bond donors (Lipinski definition) is 2. The Hall–Kier alpha value is -1.61. The number of benzene rings is 1. The average Bonchev–Trinajstić information content (AvgIpc) is 2.82. The number of aryl methyl sites for hydroxylation is 1. The molecule has 1 heterocycles. The van der Waals surface area contributed by atoms with E-state index in [1.54, 1.807) is 0 Å². The van der Waals surface area contributed by atoms with Crippen LogP contribution < -0.4 is 10.9 Å². The Kier molecular flexibility index (Phi) is 5.16. The fourth-order valence-electron chi connectivity index (χ4n) is 2.23. The molecule has 1 fully saturated rings. The number of amides is 1. The SMILES string of the molecule is CCCCCCc1ccc(/C=C2\CNNC2=O)cc1. The van der Waals surface area contributed by atoms with Gasteiger partial charge >= 0.3 is 0 Å². The molecule has 2 N–H and O–H groups in total. The van der Waals surface area contributed by atoms with Crippen molar-refractivity contribution >= 4 is 12.0 Å². The highest BCUT2D eigenvalue weighted by Gasteiger charge is 2.14. The standard InChI is InChI=1S/C16H22N2O/c1-2-3-4-5-6-13-7-9-14(10-8-13)11-15-12-17-18-16(15)19/h7-11,17H,2-6,12H2,1H3,(H,18,19)/b15-11+. The maximum absolute atomic E-state index is 11.4. The second kappa shape index (κ2) is 7.10. The van der Waals surface area contributed by atoms with Gasteiger partial charge in [-0.1, -0.05) is 50.5 Å². The third-order valence-electron chi connectivity index (χ3n) is 3.41. The summed E-state index contributed by atoms with van der Waals surface area (Å²) in [4.78, 5) is 11.4. The van der Waals surface area contributed by atoms with Crippen LogP contribution in [0.5, 0.6) is 0 Å². The number of carbonyl (C=O) groups is 1. The van der Waals surface area contributed by atoms with E-state index in [0.29, 0.717) is 6.54 Å². The minimum absolute atomic E-state index is 0.0244. The zero-order valence-corrected chi connectivity index (χ0v) is 11.5. The van der Waals surface area contributed by atoms with E-state index in [4.69, 9.17) is 0 Å². The molecule has 0 unspecified atom stereocenters. The van der Waals surface area contributed by atoms with Gasteiger partial charge in [-0.15, -0.1) is 0 Å². The van der Waals surface area contributed by atoms with Crippen LogP contribution in [0.1, 0.15) is 43.7 Å². The highest BCUT2D eigenvalue weighted by Crippen LogP contribution is 2.13. The zero-order valence-electron chi connectivity index (χ0n) is 11.5. The fourth-order valence-corrected chi connectivity index (χ4v) is 2.23. The second-order valence-electron chi connectivity index (χ2n) is 5.03. The monoisotopic (exact) mass is 258 g/mol. The maximum atomic E-state index is 11.4. The molecule has 1 aliphatic rings. The number of unbranched alkanes of at least 4 members (excludes halogenated alkanes) is 3. The van der Waals surface area contributed by atoms with Crippen molar-refractivity contribution in [3.8, 4) is 0 Å². The smallest absolute Gasteiger partial charge is 0.262 e. The molecule has 1 aromatic rings. The molecular weight excluding hydrogens is 236 g/mol. The number of hydrazine groups is 1. The zero-order chi connectivity index (χ0) is 13.5. The molecule has 102 valence electrons. The van der Waals surface area contributed by atoms with Crippen molar-refractivity contribution < 1.29 is 4.79 Å². The topological polar surface area (TPSA) is 41.1 Å². The maximum Gasteiger partial charge on any atom is 0.262 e. The van der Waals surface area contributed by atoms with Crippen LogP contribution >= 0.6 is 0 Å². The lowest BCUT2D eigenvalue weighted by Gasteiger charge is -2.02. The van der Waals surface area contributed by atoms with Gasteiger partial charge in [0.2, 0.25) is 0 Å². The molecule has 1 saturated heterocycles. The summed E-state index contributed by atoms with van der Waals surface area (Å²) in [5, 5.41) is 0. The van der Waals surface area contributed by atoms with Crippen LogP contribution in [0.4, 0.5) is 0 Å². The molecule has 3 heteroatoms. The van der Waals surface area contributed by atoms with Crippen molar-refractivity contribution in [3.05, 3.63) is 41.0 Å². The molecule has 0 aliphatic carbocycles. The van der Waals surface area contributed by atoms with Crippen molar-refractivity contribution in [3.63, 3.8) is 0 Å². The van der Waals surface area contributed by atoms with Gasteiger partial charge in [-0.3, -0.25) is 10.2 Å². The molecule has 0 spiro atoms. The average molecular weight is 258 g/mol. The molecule has 3 nitrogen and oxygen atoms in total. The van der Waals surface area contributed by atoms with E-state index in [9.17, 15) is 4.79 Å². The number of nitrogens with one attached hydrogen (secondary N) is 2. The van der Waals surface area contributed by atoms with E-state index >= 15 is 0 Å². The van der Waals surface area contributed by atoms with E-state index in [1.165, 1.54) is 31.2 Å². The Morgan fingerprint density at radius 1 is 1.16 bits per heavy atom. The van der Waals surface area contributed by atoms with Crippen LogP contribution in [0.2, 0.25) is 0 Å². The quantitative estimate of drug-likeness (QED) is 0.608. The second-order valence-corrected chi connectivity index (χ2v) is 5.03. The van der Waals surface area contributed by atoms with Crippen LogP contribution in [0.25, 0.3) is 6.08 Å². The largest absolute Gasteiger partial charge is 0.287 e. The summed E-state index contributed by atoms with van der Waals surface area (Å²) in [6, 6.07) is 8.51. The van der Waals surface area contributed by atoms with Crippen LogP contribution in [-0.2, 0) is 11.2 Å². The van der Waals surface area contributed by atoms with Crippen molar-refractivity contribution in [2.75, 3.05) is 6.54 Å². The van der Waals surface area contributed by atoms with Gasteiger partial charge in [0.05, 0.1) is 0 Å². The van der Waals surface area contributed by atoms with Gasteiger partial charge in [-0.05, 0) is 30.0 Å². The molecule has 0 radical (unpaired) electrons. The first-order valence-electron chi connectivity index (χ1n) is 7.12. The van der Waals surface area contributed by atoms with Crippen LogP contribution in [0.3, 0.4) is 0 Å². The molecule has 0 saturated carbocycles. The van der Waals surface area contributed by atoms with Crippen molar-refractivity contribution in [2.45, 2.75) is 39.0 Å². The van der Waals surface area contributed by atoms with Gasteiger partial charge in [0.25, 0.3) is 5.91 Å². The Morgan fingerprint density at radius 3 is 2.58 bits per heavy atom. The van der Waals surface area contributed by atoms with E-state index in [0.717, 1.165) is 17.6 Å². The van der Waals surface area contributed by atoms with Gasteiger partial charge in [0, 0.05) is 12.1 Å². The predicted molar refractivity (Wildman–Crippen MR) is 78.4 cm³/mol. The molecule has 0 bridgehead atoms. The molecule has 1 aliphatic heterocycles. The van der Waals surface area contributed by atoms with Gasteiger partial charge in [-0.25, -0.2) is 5.43 Å². The Morgan fingerprint density at radius 2 is 1.95 bits per heavy atom. The number of rotatable bonds is 6. The highest BCUT2D eigenvalue weighted by atomic mass is 16.2. The van der Waals surface area contributed by atoms with E-state index in [-0.39, 0.29) is 5.91 Å². The summed E-state index contributed by atoms with van der Waals surface area (Å²) in [6.07, 6.45) is 8.28. The molecular formula is C16H22N2O. The third kappa shape index (κ3) is 4.21. The van der Waals surface area contributed by atoms with Gasteiger partial charge in [0.1, 0.15) is 0 Å². The highest BCUT2D eigenvalue weighted by molar-refractivity contribution is 5.99. The summed E-state index contributed by atoms with van der Waals surface area (Å²) in [7, 11) is 0. The molecule has 2 rings (SSSR count). The lowest BCUT2D eigenvalue weighted by atomic mass is 10.0. The summed E-state index contributed by atoms with van der Waals surface area (Å²) >= 11 is 0. The lowest BCUT2D eigenvalue weighted by molar-refractivity contribution is -0.116. The number of hydrogen-bond acceptors (Lipinski definition) is 2. The molecule has 0 atom stereocenters. The molecule has 1 aromatic carbocycles. The minimum atomic E-state index is -0.0244. The summed E-state index contributed by atoms with van der Waals surface area (Å²) in [6.45, 7) is 2.83. The van der Waals surface area contributed by atoms with Gasteiger partial charge < -0.3 is 0 Å². The Labute approximate surface area is 115 Å². The van der Waals surface area contributed by atoms with Crippen molar-refractivity contribution in [2.24, 2.45) is 0 Å². The molecule has 19 heavy (non-hydrogen) atoms. The Balaban J connectivity index is 1.89. The third-order valence-corrected chi connectivity index (χ3v) is 3.41. The van der Waals surface area contributed by atoms with Gasteiger partial charge in [-0.2, -0.15) is 0 Å². The minimum Gasteiger partial charge on any atom is -0.287 e. The molecule has 0 aromatic heterocycles. The summed E-state index contributed by atoms with van der Waals surface area (Å²) in [5.74, 6) is -0.0244.